The lowest BCUT2D eigenvalue weighted by atomic mass is 9.81. The van der Waals surface area contributed by atoms with E-state index >= 15 is 0 Å². The van der Waals surface area contributed by atoms with Crippen molar-refractivity contribution < 1.29 is 27.5 Å². The van der Waals surface area contributed by atoms with E-state index in [1.54, 1.807) is 6.92 Å². The third kappa shape index (κ3) is 5.79. The summed E-state index contributed by atoms with van der Waals surface area (Å²) >= 11 is 0. The molecular formula is C20H29N3O6S. The highest BCUT2D eigenvalue weighted by molar-refractivity contribution is 7.89. The normalized spacial score (nSPS) is 16.0. The molecule has 0 spiro atoms. The summed E-state index contributed by atoms with van der Waals surface area (Å²) in [4.78, 5) is 36.2. The SMILES string of the molecule is CCOC(=O)C1(NC(=O)CN(C)S(=O)(=O)c2ccc(NC(C)=O)cc2)CCCCC1. The lowest BCUT2D eigenvalue weighted by Crippen LogP contribution is -2.58. The van der Waals surface area contributed by atoms with E-state index in [2.05, 4.69) is 10.6 Å². The highest BCUT2D eigenvalue weighted by Crippen LogP contribution is 2.29. The third-order valence-electron chi connectivity index (χ3n) is 5.00. The fraction of sp³-hybridized carbons (Fsp3) is 0.550. The Hall–Kier alpha value is -2.46. The smallest absolute Gasteiger partial charge is 0.331 e. The first kappa shape index (κ1) is 23.8. The Morgan fingerprint density at radius 3 is 2.23 bits per heavy atom. The summed E-state index contributed by atoms with van der Waals surface area (Å²) in [6.45, 7) is 2.83. The van der Waals surface area contributed by atoms with Crippen molar-refractivity contribution in [3.63, 3.8) is 0 Å². The van der Waals surface area contributed by atoms with Gasteiger partial charge in [-0.05, 0) is 44.0 Å². The molecule has 0 heterocycles. The molecule has 2 N–H and O–H groups in total. The van der Waals surface area contributed by atoms with E-state index in [4.69, 9.17) is 4.74 Å². The molecule has 1 aromatic carbocycles. The maximum atomic E-state index is 12.8. The Balaban J connectivity index is 2.09. The number of ether oxygens (including phenoxy) is 1. The van der Waals surface area contributed by atoms with Crippen molar-refractivity contribution in [2.45, 2.75) is 56.4 Å². The van der Waals surface area contributed by atoms with Crippen molar-refractivity contribution in [3.8, 4) is 0 Å². The number of amides is 2. The quantitative estimate of drug-likeness (QED) is 0.594. The Kier molecular flexibility index (Phi) is 7.96. The van der Waals surface area contributed by atoms with E-state index < -0.39 is 34.0 Å². The molecule has 0 bridgehead atoms. The van der Waals surface area contributed by atoms with Crippen LogP contribution in [0.25, 0.3) is 0 Å². The molecule has 1 aromatic rings. The van der Waals surface area contributed by atoms with Crippen LogP contribution in [0.5, 0.6) is 0 Å². The number of likely N-dealkylation sites (N-methyl/N-ethyl adjacent to an activating group) is 1. The number of sulfonamides is 1. The van der Waals surface area contributed by atoms with Crippen LogP contribution < -0.4 is 10.6 Å². The molecule has 0 radical (unpaired) electrons. The number of esters is 1. The lowest BCUT2D eigenvalue weighted by molar-refractivity contribution is -0.155. The van der Waals surface area contributed by atoms with Gasteiger partial charge in [-0.1, -0.05) is 19.3 Å². The van der Waals surface area contributed by atoms with Crippen molar-refractivity contribution in [2.75, 3.05) is 25.5 Å². The first-order chi connectivity index (χ1) is 14.1. The second kappa shape index (κ2) is 10.0. The van der Waals surface area contributed by atoms with Crippen molar-refractivity contribution in [1.82, 2.24) is 9.62 Å². The molecule has 0 atom stereocenters. The minimum Gasteiger partial charge on any atom is -0.464 e. The maximum Gasteiger partial charge on any atom is 0.331 e. The van der Waals surface area contributed by atoms with Gasteiger partial charge >= 0.3 is 5.97 Å². The van der Waals surface area contributed by atoms with E-state index in [1.165, 1.54) is 38.2 Å². The number of anilines is 1. The first-order valence-electron chi connectivity index (χ1n) is 9.93. The van der Waals surface area contributed by atoms with Gasteiger partial charge < -0.3 is 15.4 Å². The summed E-state index contributed by atoms with van der Waals surface area (Å²) in [5.74, 6) is -1.30. The Morgan fingerprint density at radius 2 is 1.70 bits per heavy atom. The summed E-state index contributed by atoms with van der Waals surface area (Å²) in [6.07, 6.45) is 3.48. The second-order valence-electron chi connectivity index (χ2n) is 7.38. The maximum absolute atomic E-state index is 12.8. The van der Waals surface area contributed by atoms with Crippen LogP contribution in [0, 0.1) is 0 Å². The molecule has 0 aromatic heterocycles. The topological polar surface area (TPSA) is 122 Å². The predicted octanol–water partition coefficient (Wildman–Crippen LogP) is 1.65. The van der Waals surface area contributed by atoms with Gasteiger partial charge in [-0.3, -0.25) is 9.59 Å². The number of carbonyl (C=O) groups is 3. The van der Waals surface area contributed by atoms with Gasteiger partial charge in [0.1, 0.15) is 5.54 Å². The zero-order valence-corrected chi connectivity index (χ0v) is 18.4. The number of benzene rings is 1. The van der Waals surface area contributed by atoms with Crippen LogP contribution in [0.4, 0.5) is 5.69 Å². The molecule has 2 amide bonds. The van der Waals surface area contributed by atoms with Crippen LogP contribution >= 0.6 is 0 Å². The fourth-order valence-electron chi connectivity index (χ4n) is 3.49. The number of carbonyl (C=O) groups excluding carboxylic acids is 3. The molecule has 1 saturated carbocycles. The molecule has 9 nitrogen and oxygen atoms in total. The minimum atomic E-state index is -3.93. The molecule has 1 aliphatic rings. The first-order valence-corrected chi connectivity index (χ1v) is 11.4. The van der Waals surface area contributed by atoms with E-state index in [0.717, 1.165) is 23.6 Å². The zero-order valence-electron chi connectivity index (χ0n) is 17.6. The Bertz CT molecular complexity index is 876. The summed E-state index contributed by atoms with van der Waals surface area (Å²) in [5, 5.41) is 5.30. The van der Waals surface area contributed by atoms with E-state index in [1.807, 2.05) is 0 Å². The van der Waals surface area contributed by atoms with Crippen LogP contribution in [0.2, 0.25) is 0 Å². The highest BCUT2D eigenvalue weighted by Gasteiger charge is 2.42. The monoisotopic (exact) mass is 439 g/mol. The largest absolute Gasteiger partial charge is 0.464 e. The molecule has 0 unspecified atom stereocenters. The number of nitrogens with zero attached hydrogens (tertiary/aromatic N) is 1. The van der Waals surface area contributed by atoms with E-state index in [-0.39, 0.29) is 17.4 Å². The average Bonchev–Trinajstić information content (AvgIpc) is 2.68. The molecular weight excluding hydrogens is 410 g/mol. The second-order valence-corrected chi connectivity index (χ2v) is 9.42. The molecule has 10 heteroatoms. The van der Waals surface area contributed by atoms with Gasteiger partial charge in [0, 0.05) is 19.7 Å². The predicted molar refractivity (Wildman–Crippen MR) is 111 cm³/mol. The molecule has 0 aliphatic heterocycles. The molecule has 1 aliphatic carbocycles. The van der Waals surface area contributed by atoms with Crippen LogP contribution in [-0.2, 0) is 29.1 Å². The summed E-state index contributed by atoms with van der Waals surface area (Å²) in [5.41, 5.74) is -0.633. The van der Waals surface area contributed by atoms with Crippen molar-refractivity contribution >= 4 is 33.5 Å². The van der Waals surface area contributed by atoms with Crippen LogP contribution in [-0.4, -0.2) is 56.2 Å². The Labute approximate surface area is 177 Å². The van der Waals surface area contributed by atoms with Gasteiger partial charge in [0.15, 0.2) is 0 Å². The average molecular weight is 440 g/mol. The van der Waals surface area contributed by atoms with Crippen LogP contribution in [0.15, 0.2) is 29.2 Å². The summed E-state index contributed by atoms with van der Waals surface area (Å²) in [7, 11) is -2.63. The van der Waals surface area contributed by atoms with Gasteiger partial charge in [-0.25, -0.2) is 13.2 Å². The van der Waals surface area contributed by atoms with Crippen LogP contribution in [0.3, 0.4) is 0 Å². The summed E-state index contributed by atoms with van der Waals surface area (Å²) < 4.78 is 31.6. The van der Waals surface area contributed by atoms with Gasteiger partial charge in [0.25, 0.3) is 0 Å². The minimum absolute atomic E-state index is 0.00956. The molecule has 30 heavy (non-hydrogen) atoms. The van der Waals surface area contributed by atoms with E-state index in [0.29, 0.717) is 18.5 Å². The number of rotatable bonds is 8. The van der Waals surface area contributed by atoms with Gasteiger partial charge in [-0.15, -0.1) is 0 Å². The molecule has 2 rings (SSSR count). The molecule has 166 valence electrons. The number of hydrogen-bond donors (Lipinski definition) is 2. The summed E-state index contributed by atoms with van der Waals surface area (Å²) in [6, 6.07) is 5.66. The zero-order chi connectivity index (χ0) is 22.4. The van der Waals surface area contributed by atoms with Gasteiger partial charge in [0.05, 0.1) is 18.0 Å². The number of nitrogens with one attached hydrogen (secondary N) is 2. The lowest BCUT2D eigenvalue weighted by Gasteiger charge is -2.36. The fourth-order valence-corrected chi connectivity index (χ4v) is 4.62. The van der Waals surface area contributed by atoms with Crippen molar-refractivity contribution in [3.05, 3.63) is 24.3 Å². The van der Waals surface area contributed by atoms with Crippen molar-refractivity contribution in [2.24, 2.45) is 0 Å². The molecule has 0 saturated heterocycles. The van der Waals surface area contributed by atoms with Gasteiger partial charge in [-0.2, -0.15) is 4.31 Å². The molecule has 1 fully saturated rings. The van der Waals surface area contributed by atoms with Crippen LogP contribution in [0.1, 0.15) is 46.0 Å². The van der Waals surface area contributed by atoms with Gasteiger partial charge in [0.2, 0.25) is 21.8 Å². The number of hydrogen-bond acceptors (Lipinski definition) is 6. The third-order valence-corrected chi connectivity index (χ3v) is 6.82. The van der Waals surface area contributed by atoms with Crippen molar-refractivity contribution in [1.29, 1.82) is 0 Å². The highest BCUT2D eigenvalue weighted by atomic mass is 32.2. The standard InChI is InChI=1S/C20H29N3O6S/c1-4-29-19(26)20(12-6-5-7-13-20)22-18(25)14-23(3)30(27,28)17-10-8-16(9-11-17)21-15(2)24/h8-11H,4-7,12-14H2,1-3H3,(H,21,24)(H,22,25). The Morgan fingerprint density at radius 1 is 1.10 bits per heavy atom. The van der Waals surface area contributed by atoms with E-state index in [9.17, 15) is 22.8 Å².